The van der Waals surface area contributed by atoms with Crippen molar-refractivity contribution in [2.45, 2.75) is 49.7 Å². The number of benzene rings is 2. The first kappa shape index (κ1) is 25.5. The Balaban J connectivity index is 1.84. The van der Waals surface area contributed by atoms with E-state index in [1.807, 2.05) is 0 Å². The van der Waals surface area contributed by atoms with E-state index < -0.39 is 65.9 Å². The van der Waals surface area contributed by atoms with E-state index in [9.17, 15) is 39.9 Å². The van der Waals surface area contributed by atoms with Gasteiger partial charge in [-0.25, -0.2) is 9.59 Å². The number of Topliss-reactive ketones (excluding diaryl/α,β-unsaturated/α-hetero) is 1. The van der Waals surface area contributed by atoms with Gasteiger partial charge < -0.3 is 39.4 Å². The second-order valence-electron chi connectivity index (χ2n) is 8.44. The highest BCUT2D eigenvalue weighted by Gasteiger charge is 2.49. The molecule has 11 heteroatoms. The van der Waals surface area contributed by atoms with Gasteiger partial charge in [0.15, 0.2) is 18.2 Å². The lowest BCUT2D eigenvalue weighted by atomic mass is 9.84. The number of rotatable bonds is 7. The molecule has 0 saturated carbocycles. The van der Waals surface area contributed by atoms with Crippen LogP contribution in [0.15, 0.2) is 63.8 Å². The molecule has 1 aromatic heterocycles. The highest BCUT2D eigenvalue weighted by molar-refractivity contribution is 5.86. The van der Waals surface area contributed by atoms with Crippen LogP contribution in [0.1, 0.15) is 24.0 Å². The van der Waals surface area contributed by atoms with Crippen LogP contribution in [0.2, 0.25) is 0 Å². The number of para-hydroxylation sites is 1. The van der Waals surface area contributed by atoms with Crippen LogP contribution in [0.3, 0.4) is 0 Å². The fraction of sp³-hybridized carbons (Fsp3) is 0.320. The maximum atomic E-state index is 13.1. The molecule has 1 aliphatic rings. The van der Waals surface area contributed by atoms with Crippen LogP contribution in [0, 0.1) is 0 Å². The first-order valence-corrected chi connectivity index (χ1v) is 11.0. The highest BCUT2D eigenvalue weighted by Crippen LogP contribution is 2.38. The van der Waals surface area contributed by atoms with E-state index in [1.165, 1.54) is 12.1 Å². The summed E-state index contributed by atoms with van der Waals surface area (Å²) >= 11 is 0. The van der Waals surface area contributed by atoms with Crippen molar-refractivity contribution in [3.63, 3.8) is 0 Å². The number of carboxylic acids is 1. The fourth-order valence-electron chi connectivity index (χ4n) is 4.29. The number of ether oxygens (including phenoxy) is 2. The van der Waals surface area contributed by atoms with Crippen molar-refractivity contribution in [2.75, 3.05) is 0 Å². The van der Waals surface area contributed by atoms with Crippen LogP contribution in [0.4, 0.5) is 0 Å². The first-order chi connectivity index (χ1) is 17.1. The molecule has 1 aliphatic heterocycles. The van der Waals surface area contributed by atoms with Crippen molar-refractivity contribution in [1.82, 2.24) is 0 Å². The van der Waals surface area contributed by atoms with Crippen molar-refractivity contribution < 1.29 is 49.0 Å². The largest absolute Gasteiger partial charge is 0.507 e. The van der Waals surface area contributed by atoms with E-state index in [2.05, 4.69) is 0 Å². The predicted molar refractivity (Wildman–Crippen MR) is 122 cm³/mol. The summed E-state index contributed by atoms with van der Waals surface area (Å²) in [5.41, 5.74) is -0.779. The lowest BCUT2D eigenvalue weighted by Gasteiger charge is -2.40. The number of aliphatic hydroxyl groups is 3. The Labute approximate surface area is 203 Å². The summed E-state index contributed by atoms with van der Waals surface area (Å²) < 4.78 is 16.3. The van der Waals surface area contributed by atoms with Gasteiger partial charge in [0.2, 0.25) is 0 Å². The molecule has 0 radical (unpaired) electrons. The molecular formula is C25H24O11. The average molecular weight is 500 g/mol. The van der Waals surface area contributed by atoms with Gasteiger partial charge >= 0.3 is 11.6 Å². The molecule has 2 heterocycles. The zero-order valence-electron chi connectivity index (χ0n) is 18.9. The summed E-state index contributed by atoms with van der Waals surface area (Å²) in [6.45, 7) is 1.13. The number of hydrogen-bond donors (Lipinski definition) is 5. The lowest BCUT2D eigenvalue weighted by molar-refractivity contribution is -0.302. The first-order valence-electron chi connectivity index (χ1n) is 11.0. The predicted octanol–water partition coefficient (Wildman–Crippen LogP) is 0.497. The Morgan fingerprint density at radius 3 is 2.22 bits per heavy atom. The monoisotopic (exact) mass is 500 g/mol. The van der Waals surface area contributed by atoms with E-state index in [1.54, 1.807) is 42.5 Å². The van der Waals surface area contributed by atoms with Crippen molar-refractivity contribution in [2.24, 2.45) is 0 Å². The van der Waals surface area contributed by atoms with Gasteiger partial charge in [0, 0.05) is 0 Å². The molecule has 3 aromatic rings. The standard InChI is InChI=1S/C25H24O11/c1-11(26)21(35-25-20(30)18(28)19(29)22(36-25)23(31)32)15(12-7-3-2-4-8-12)16-17(27)13-9-5-6-10-14(13)34-24(16)33/h2-10,15,18-22,25,27-30H,1H3,(H,31,32). The third kappa shape index (κ3) is 4.62. The van der Waals surface area contributed by atoms with Gasteiger partial charge in [-0.3, -0.25) is 4.79 Å². The van der Waals surface area contributed by atoms with Crippen molar-refractivity contribution in [3.8, 4) is 5.75 Å². The minimum Gasteiger partial charge on any atom is -0.507 e. The number of carboxylic acid groups (broad SMARTS) is 1. The van der Waals surface area contributed by atoms with E-state index in [0.29, 0.717) is 5.56 Å². The van der Waals surface area contributed by atoms with Gasteiger partial charge in [-0.1, -0.05) is 42.5 Å². The Bertz CT molecular complexity index is 1320. The van der Waals surface area contributed by atoms with Gasteiger partial charge in [0.25, 0.3) is 0 Å². The van der Waals surface area contributed by atoms with Crippen LogP contribution in [-0.2, 0) is 19.1 Å². The molecule has 36 heavy (non-hydrogen) atoms. The number of hydrogen-bond acceptors (Lipinski definition) is 10. The maximum Gasteiger partial charge on any atom is 0.343 e. The molecule has 190 valence electrons. The minimum atomic E-state index is -1.97. The van der Waals surface area contributed by atoms with Gasteiger partial charge in [-0.15, -0.1) is 0 Å². The van der Waals surface area contributed by atoms with E-state index in [0.717, 1.165) is 6.92 Å². The van der Waals surface area contributed by atoms with Gasteiger partial charge in [0.1, 0.15) is 35.7 Å². The second-order valence-corrected chi connectivity index (χ2v) is 8.44. The molecule has 5 N–H and O–H groups in total. The number of carbonyl (C=O) groups excluding carboxylic acids is 1. The molecule has 1 fully saturated rings. The summed E-state index contributed by atoms with van der Waals surface area (Å²) in [5.74, 6) is -4.03. The van der Waals surface area contributed by atoms with Crippen LogP contribution in [-0.4, -0.2) is 74.1 Å². The molecule has 7 unspecified atom stereocenters. The van der Waals surface area contributed by atoms with Crippen molar-refractivity contribution >= 4 is 22.7 Å². The van der Waals surface area contributed by atoms with E-state index in [4.69, 9.17) is 13.9 Å². The number of ketones is 1. The molecule has 7 atom stereocenters. The Hall–Kier alpha value is -3.61. The summed E-state index contributed by atoms with van der Waals surface area (Å²) in [7, 11) is 0. The third-order valence-electron chi connectivity index (χ3n) is 6.09. The maximum absolute atomic E-state index is 13.1. The van der Waals surface area contributed by atoms with Crippen molar-refractivity contribution in [3.05, 3.63) is 76.1 Å². The second kappa shape index (κ2) is 10.2. The van der Waals surface area contributed by atoms with E-state index >= 15 is 0 Å². The van der Waals surface area contributed by atoms with Crippen LogP contribution < -0.4 is 5.63 Å². The zero-order valence-corrected chi connectivity index (χ0v) is 18.9. The molecule has 1 saturated heterocycles. The Morgan fingerprint density at radius 2 is 1.58 bits per heavy atom. The van der Waals surface area contributed by atoms with Gasteiger partial charge in [0.05, 0.1) is 16.9 Å². The number of carbonyl (C=O) groups is 2. The smallest absolute Gasteiger partial charge is 0.343 e. The van der Waals surface area contributed by atoms with Gasteiger partial charge in [-0.05, 0) is 24.6 Å². The van der Waals surface area contributed by atoms with Crippen LogP contribution in [0.25, 0.3) is 11.0 Å². The Kier molecular flexibility index (Phi) is 7.20. The molecule has 0 spiro atoms. The topological polar surface area (TPSA) is 184 Å². The number of aliphatic hydroxyl groups excluding tert-OH is 3. The summed E-state index contributed by atoms with van der Waals surface area (Å²) in [5, 5.41) is 51.1. The van der Waals surface area contributed by atoms with Crippen molar-refractivity contribution in [1.29, 1.82) is 0 Å². The quantitative estimate of drug-likeness (QED) is 0.285. The molecule has 0 amide bonds. The molecule has 11 nitrogen and oxygen atoms in total. The summed E-state index contributed by atoms with van der Waals surface area (Å²) in [6, 6.07) is 14.3. The van der Waals surface area contributed by atoms with Crippen LogP contribution in [0.5, 0.6) is 5.75 Å². The summed E-state index contributed by atoms with van der Waals surface area (Å²) in [6.07, 6.45) is -11.3. The molecule has 0 aliphatic carbocycles. The Morgan fingerprint density at radius 1 is 0.944 bits per heavy atom. The third-order valence-corrected chi connectivity index (χ3v) is 6.09. The van der Waals surface area contributed by atoms with E-state index in [-0.39, 0.29) is 16.5 Å². The number of aliphatic carboxylic acids is 1. The molecule has 0 bridgehead atoms. The average Bonchev–Trinajstić information content (AvgIpc) is 2.85. The molecule has 2 aromatic carbocycles. The lowest BCUT2D eigenvalue weighted by Crippen LogP contribution is -2.61. The number of aromatic hydroxyl groups is 1. The fourth-order valence-corrected chi connectivity index (χ4v) is 4.29. The van der Waals surface area contributed by atoms with Gasteiger partial charge in [-0.2, -0.15) is 0 Å². The van der Waals surface area contributed by atoms with Crippen LogP contribution >= 0.6 is 0 Å². The highest BCUT2D eigenvalue weighted by atomic mass is 16.7. The number of fused-ring (bicyclic) bond motifs is 1. The normalized spacial score (nSPS) is 25.8. The minimum absolute atomic E-state index is 0.114. The SMILES string of the molecule is CC(=O)C(OC1OC(C(=O)O)C(O)C(O)C1O)C(c1ccccc1)c1c(O)c2ccccc2oc1=O. The summed E-state index contributed by atoms with van der Waals surface area (Å²) in [4.78, 5) is 37.4. The zero-order chi connectivity index (χ0) is 26.1. The molecule has 4 rings (SSSR count). The molecular weight excluding hydrogens is 476 g/mol.